The van der Waals surface area contributed by atoms with Crippen LogP contribution in [-0.4, -0.2) is 10.9 Å². The van der Waals surface area contributed by atoms with Gasteiger partial charge in [-0.05, 0) is 37.3 Å². The highest BCUT2D eigenvalue weighted by atomic mass is 35.5. The zero-order valence-electron chi connectivity index (χ0n) is 13.0. The van der Waals surface area contributed by atoms with Crippen LogP contribution in [-0.2, 0) is 6.61 Å². The Bertz CT molecular complexity index is 846. The summed E-state index contributed by atoms with van der Waals surface area (Å²) in [6, 6.07) is 14.5. The number of rotatable bonds is 5. The number of ether oxygens (including phenoxy) is 1. The van der Waals surface area contributed by atoms with Crippen LogP contribution in [0.5, 0.6) is 5.75 Å². The molecule has 0 aliphatic heterocycles. The zero-order valence-corrected chi connectivity index (χ0v) is 14.5. The minimum atomic E-state index is -0.193. The SMILES string of the molecule is Cc1csc(NC(=O)c2ccc(OCc3ccccc3Cl)cc2)n1. The number of carbonyl (C=O) groups excluding carboxylic acids is 1. The highest BCUT2D eigenvalue weighted by Crippen LogP contribution is 2.20. The highest BCUT2D eigenvalue weighted by molar-refractivity contribution is 7.13. The second-order valence-electron chi connectivity index (χ2n) is 5.15. The van der Waals surface area contributed by atoms with E-state index in [1.165, 1.54) is 11.3 Å². The van der Waals surface area contributed by atoms with Crippen LogP contribution in [0.15, 0.2) is 53.9 Å². The topological polar surface area (TPSA) is 51.2 Å². The molecule has 0 atom stereocenters. The Balaban J connectivity index is 1.60. The third-order valence-electron chi connectivity index (χ3n) is 3.31. The summed E-state index contributed by atoms with van der Waals surface area (Å²) in [5.41, 5.74) is 2.35. The van der Waals surface area contributed by atoms with Gasteiger partial charge in [0, 0.05) is 21.5 Å². The Labute approximate surface area is 149 Å². The first-order valence-electron chi connectivity index (χ1n) is 7.31. The molecule has 0 unspecified atom stereocenters. The van der Waals surface area contributed by atoms with Gasteiger partial charge in [-0.1, -0.05) is 29.8 Å². The van der Waals surface area contributed by atoms with E-state index in [9.17, 15) is 4.79 Å². The molecule has 0 spiro atoms. The van der Waals surface area contributed by atoms with Gasteiger partial charge in [-0.2, -0.15) is 0 Å². The summed E-state index contributed by atoms with van der Waals surface area (Å²) in [5.74, 6) is 0.485. The van der Waals surface area contributed by atoms with Crippen molar-refractivity contribution in [2.24, 2.45) is 0 Å². The largest absolute Gasteiger partial charge is 0.489 e. The number of nitrogens with one attached hydrogen (secondary N) is 1. The first kappa shape index (κ1) is 16.5. The van der Waals surface area contributed by atoms with Gasteiger partial charge in [0.15, 0.2) is 5.13 Å². The number of anilines is 1. The summed E-state index contributed by atoms with van der Waals surface area (Å²) in [7, 11) is 0. The summed E-state index contributed by atoms with van der Waals surface area (Å²) in [5, 5.41) is 5.93. The van der Waals surface area contributed by atoms with Gasteiger partial charge in [0.05, 0.1) is 5.69 Å². The molecule has 6 heteroatoms. The molecule has 1 amide bonds. The molecule has 0 saturated heterocycles. The second-order valence-corrected chi connectivity index (χ2v) is 6.42. The number of thiazole rings is 1. The maximum absolute atomic E-state index is 12.2. The van der Waals surface area contributed by atoms with E-state index in [2.05, 4.69) is 10.3 Å². The predicted octanol–water partition coefficient (Wildman–Crippen LogP) is 4.94. The molecule has 0 aliphatic rings. The van der Waals surface area contributed by atoms with Crippen LogP contribution in [0.25, 0.3) is 0 Å². The van der Waals surface area contributed by atoms with Gasteiger partial charge in [-0.15, -0.1) is 11.3 Å². The molecular weight excluding hydrogens is 344 g/mol. The number of aromatic nitrogens is 1. The van der Waals surface area contributed by atoms with E-state index in [-0.39, 0.29) is 5.91 Å². The molecule has 4 nitrogen and oxygen atoms in total. The van der Waals surface area contributed by atoms with Crippen LogP contribution in [0.3, 0.4) is 0 Å². The molecule has 1 N–H and O–H groups in total. The van der Waals surface area contributed by atoms with Crippen LogP contribution in [0.4, 0.5) is 5.13 Å². The molecule has 0 radical (unpaired) electrons. The summed E-state index contributed by atoms with van der Waals surface area (Å²) < 4.78 is 5.70. The van der Waals surface area contributed by atoms with E-state index in [1.807, 2.05) is 36.6 Å². The molecule has 0 aliphatic carbocycles. The molecule has 122 valence electrons. The van der Waals surface area contributed by atoms with Crippen LogP contribution in [0, 0.1) is 6.92 Å². The van der Waals surface area contributed by atoms with Crippen molar-refractivity contribution in [1.29, 1.82) is 0 Å². The molecule has 1 heterocycles. The number of amides is 1. The first-order chi connectivity index (χ1) is 11.6. The summed E-state index contributed by atoms with van der Waals surface area (Å²) >= 11 is 7.50. The molecule has 0 saturated carbocycles. The van der Waals surface area contributed by atoms with Gasteiger partial charge in [-0.3, -0.25) is 10.1 Å². The number of aryl methyl sites for hydroxylation is 1. The maximum Gasteiger partial charge on any atom is 0.257 e. The number of carbonyl (C=O) groups is 1. The number of nitrogens with zero attached hydrogens (tertiary/aromatic N) is 1. The fourth-order valence-electron chi connectivity index (χ4n) is 2.06. The smallest absolute Gasteiger partial charge is 0.257 e. The van der Waals surface area contributed by atoms with Gasteiger partial charge >= 0.3 is 0 Å². The Hall–Kier alpha value is -2.37. The van der Waals surface area contributed by atoms with Crippen molar-refractivity contribution in [3.63, 3.8) is 0 Å². The summed E-state index contributed by atoms with van der Waals surface area (Å²) in [6.45, 7) is 2.26. The summed E-state index contributed by atoms with van der Waals surface area (Å²) in [6.07, 6.45) is 0. The van der Waals surface area contributed by atoms with E-state index in [0.29, 0.717) is 28.1 Å². The first-order valence-corrected chi connectivity index (χ1v) is 8.57. The van der Waals surface area contributed by atoms with Crippen LogP contribution in [0.2, 0.25) is 5.02 Å². The molecule has 2 aromatic carbocycles. The Morgan fingerprint density at radius 1 is 1.21 bits per heavy atom. The van der Waals surface area contributed by atoms with Crippen molar-refractivity contribution in [3.8, 4) is 5.75 Å². The third-order valence-corrected chi connectivity index (χ3v) is 4.55. The minimum absolute atomic E-state index is 0.193. The van der Waals surface area contributed by atoms with Crippen molar-refractivity contribution in [2.45, 2.75) is 13.5 Å². The monoisotopic (exact) mass is 358 g/mol. The lowest BCUT2D eigenvalue weighted by atomic mass is 10.2. The van der Waals surface area contributed by atoms with Gasteiger partial charge in [0.2, 0.25) is 0 Å². The Kier molecular flexibility index (Phi) is 5.13. The van der Waals surface area contributed by atoms with Crippen molar-refractivity contribution in [1.82, 2.24) is 4.98 Å². The van der Waals surface area contributed by atoms with Crippen LogP contribution in [0.1, 0.15) is 21.6 Å². The molecule has 1 aromatic heterocycles. The van der Waals surface area contributed by atoms with Crippen molar-refractivity contribution < 1.29 is 9.53 Å². The fourth-order valence-corrected chi connectivity index (χ4v) is 2.93. The molecular formula is C18H15ClN2O2S. The molecule has 3 aromatic rings. The number of halogens is 1. The van der Waals surface area contributed by atoms with Gasteiger partial charge in [0.1, 0.15) is 12.4 Å². The van der Waals surface area contributed by atoms with E-state index < -0.39 is 0 Å². The standard InChI is InChI=1S/C18H15ClN2O2S/c1-12-11-24-18(20-12)21-17(22)13-6-8-15(9-7-13)23-10-14-4-2-3-5-16(14)19/h2-9,11H,10H2,1H3,(H,20,21,22). The van der Waals surface area contributed by atoms with Crippen LogP contribution >= 0.6 is 22.9 Å². The van der Waals surface area contributed by atoms with Crippen molar-refractivity contribution in [2.75, 3.05) is 5.32 Å². The molecule has 0 fully saturated rings. The molecule has 3 rings (SSSR count). The van der Waals surface area contributed by atoms with Crippen molar-refractivity contribution >= 4 is 34.0 Å². The Morgan fingerprint density at radius 2 is 1.96 bits per heavy atom. The quantitative estimate of drug-likeness (QED) is 0.703. The lowest BCUT2D eigenvalue weighted by Crippen LogP contribution is -2.11. The van der Waals surface area contributed by atoms with E-state index in [1.54, 1.807) is 24.3 Å². The molecule has 24 heavy (non-hydrogen) atoms. The maximum atomic E-state index is 12.2. The van der Waals surface area contributed by atoms with Gasteiger partial charge in [-0.25, -0.2) is 4.98 Å². The molecule has 0 bridgehead atoms. The average molecular weight is 359 g/mol. The number of hydrogen-bond donors (Lipinski definition) is 1. The average Bonchev–Trinajstić information content (AvgIpc) is 2.99. The second kappa shape index (κ2) is 7.47. The Morgan fingerprint density at radius 3 is 2.62 bits per heavy atom. The predicted molar refractivity (Wildman–Crippen MR) is 97.0 cm³/mol. The minimum Gasteiger partial charge on any atom is -0.489 e. The highest BCUT2D eigenvalue weighted by Gasteiger charge is 2.08. The van der Waals surface area contributed by atoms with Gasteiger partial charge in [0.25, 0.3) is 5.91 Å². The zero-order chi connectivity index (χ0) is 16.9. The fraction of sp³-hybridized carbons (Fsp3) is 0.111. The van der Waals surface area contributed by atoms with E-state index in [4.69, 9.17) is 16.3 Å². The lowest BCUT2D eigenvalue weighted by molar-refractivity contribution is 0.102. The third kappa shape index (κ3) is 4.13. The normalized spacial score (nSPS) is 10.4. The van der Waals surface area contributed by atoms with E-state index in [0.717, 1.165) is 11.3 Å². The number of hydrogen-bond acceptors (Lipinski definition) is 4. The summed E-state index contributed by atoms with van der Waals surface area (Å²) in [4.78, 5) is 16.4. The lowest BCUT2D eigenvalue weighted by Gasteiger charge is -2.08. The van der Waals surface area contributed by atoms with Gasteiger partial charge < -0.3 is 4.74 Å². The van der Waals surface area contributed by atoms with E-state index >= 15 is 0 Å². The van der Waals surface area contributed by atoms with Crippen LogP contribution < -0.4 is 10.1 Å². The van der Waals surface area contributed by atoms with Crippen molar-refractivity contribution in [3.05, 3.63) is 75.8 Å². The number of benzene rings is 2.